The maximum atomic E-state index is 13.1. The number of hydrogen-bond acceptors (Lipinski definition) is 6. The molecule has 3 heterocycles. The number of nitrogens with zero attached hydrogens (tertiary/aromatic N) is 2. The minimum atomic E-state index is -3.90. The van der Waals surface area contributed by atoms with Crippen LogP contribution in [0.3, 0.4) is 0 Å². The van der Waals surface area contributed by atoms with Crippen LogP contribution in [0.1, 0.15) is 16.3 Å². The Labute approximate surface area is 181 Å². The fraction of sp³-hybridized carbons (Fsp3) is 0.0476. The van der Waals surface area contributed by atoms with Crippen molar-refractivity contribution in [3.8, 4) is 0 Å². The van der Waals surface area contributed by atoms with Crippen molar-refractivity contribution in [3.05, 3.63) is 95.2 Å². The molecule has 0 spiro atoms. The van der Waals surface area contributed by atoms with Gasteiger partial charge >= 0.3 is 0 Å². The van der Waals surface area contributed by atoms with Crippen LogP contribution in [0, 0.1) is 0 Å². The zero-order valence-electron chi connectivity index (χ0n) is 15.4. The minimum Gasteiger partial charge on any atom is -0.467 e. The number of rotatable bonds is 6. The summed E-state index contributed by atoms with van der Waals surface area (Å²) in [7, 11) is -3.90. The molecule has 0 radical (unpaired) electrons. The summed E-state index contributed by atoms with van der Waals surface area (Å²) in [5.41, 5.74) is 0. The Morgan fingerprint density at radius 2 is 1.80 bits per heavy atom. The van der Waals surface area contributed by atoms with Crippen LogP contribution >= 0.6 is 15.9 Å². The van der Waals surface area contributed by atoms with Crippen LogP contribution in [0.5, 0.6) is 0 Å². The number of anilines is 1. The molecule has 4 aromatic rings. The highest BCUT2D eigenvalue weighted by molar-refractivity contribution is 9.10. The summed E-state index contributed by atoms with van der Waals surface area (Å²) in [6, 6.07) is 17.4. The Morgan fingerprint density at radius 1 is 1.00 bits per heavy atom. The number of benzene rings is 1. The number of pyridine rings is 1. The molecule has 1 amide bonds. The molecule has 0 saturated heterocycles. The van der Waals surface area contributed by atoms with Crippen molar-refractivity contribution >= 4 is 37.5 Å². The van der Waals surface area contributed by atoms with E-state index in [1.54, 1.807) is 48.7 Å². The molecule has 0 atom stereocenters. The van der Waals surface area contributed by atoms with Gasteiger partial charge in [-0.2, -0.15) is 0 Å². The van der Waals surface area contributed by atoms with Crippen LogP contribution in [0.25, 0.3) is 0 Å². The standard InChI is InChI=1S/C21H15BrN2O5S/c22-15-6-8-17(9-7-15)30(26,27)20-11-10-18(29-20)21(25)24(14-16-4-3-13-28-16)19-5-1-2-12-23-19/h1-13H,14H2. The third-order valence-corrected chi connectivity index (χ3v) is 6.42. The van der Waals surface area contributed by atoms with Gasteiger partial charge in [-0.05, 0) is 60.7 Å². The normalized spacial score (nSPS) is 11.4. The van der Waals surface area contributed by atoms with E-state index in [2.05, 4.69) is 20.9 Å². The number of carbonyl (C=O) groups excluding carboxylic acids is 1. The van der Waals surface area contributed by atoms with E-state index in [-0.39, 0.29) is 22.3 Å². The van der Waals surface area contributed by atoms with E-state index in [1.165, 1.54) is 35.4 Å². The van der Waals surface area contributed by atoms with E-state index in [1.807, 2.05) is 0 Å². The van der Waals surface area contributed by atoms with Gasteiger partial charge in [0.05, 0.1) is 17.7 Å². The summed E-state index contributed by atoms with van der Waals surface area (Å²) in [6.45, 7) is 0.109. The summed E-state index contributed by atoms with van der Waals surface area (Å²) in [4.78, 5) is 18.8. The number of carbonyl (C=O) groups is 1. The molecule has 0 saturated carbocycles. The molecule has 0 aliphatic rings. The lowest BCUT2D eigenvalue weighted by Gasteiger charge is -2.19. The fourth-order valence-corrected chi connectivity index (χ4v) is 4.21. The summed E-state index contributed by atoms with van der Waals surface area (Å²) in [5.74, 6) is 0.265. The monoisotopic (exact) mass is 486 g/mol. The van der Waals surface area contributed by atoms with Crippen molar-refractivity contribution in [2.75, 3.05) is 4.90 Å². The molecule has 152 valence electrons. The third-order valence-electron chi connectivity index (χ3n) is 4.25. The molecule has 30 heavy (non-hydrogen) atoms. The smallest absolute Gasteiger partial charge is 0.295 e. The fourth-order valence-electron chi connectivity index (χ4n) is 2.77. The zero-order valence-corrected chi connectivity index (χ0v) is 17.8. The van der Waals surface area contributed by atoms with Gasteiger partial charge in [0.1, 0.15) is 11.6 Å². The summed E-state index contributed by atoms with van der Waals surface area (Å²) in [5, 5.41) is -0.313. The van der Waals surface area contributed by atoms with E-state index in [0.717, 1.165) is 4.47 Å². The lowest BCUT2D eigenvalue weighted by atomic mass is 10.3. The first-order valence-electron chi connectivity index (χ1n) is 8.81. The molecule has 0 aliphatic carbocycles. The zero-order chi connectivity index (χ0) is 21.1. The lowest BCUT2D eigenvalue weighted by Crippen LogP contribution is -2.30. The van der Waals surface area contributed by atoms with E-state index < -0.39 is 15.7 Å². The van der Waals surface area contributed by atoms with Crippen molar-refractivity contribution < 1.29 is 22.0 Å². The summed E-state index contributed by atoms with van der Waals surface area (Å²) in [6.07, 6.45) is 3.06. The Hall–Kier alpha value is -3.17. The van der Waals surface area contributed by atoms with E-state index in [4.69, 9.17) is 8.83 Å². The molecule has 0 bridgehead atoms. The van der Waals surface area contributed by atoms with E-state index >= 15 is 0 Å². The number of aromatic nitrogens is 1. The first kappa shape index (κ1) is 20.1. The van der Waals surface area contributed by atoms with Gasteiger partial charge in [0, 0.05) is 10.7 Å². The highest BCUT2D eigenvalue weighted by Gasteiger charge is 2.27. The van der Waals surface area contributed by atoms with Gasteiger partial charge in [0.15, 0.2) is 5.76 Å². The van der Waals surface area contributed by atoms with Gasteiger partial charge in [-0.25, -0.2) is 13.4 Å². The van der Waals surface area contributed by atoms with Gasteiger partial charge in [-0.15, -0.1) is 0 Å². The van der Waals surface area contributed by atoms with Crippen LogP contribution in [0.15, 0.2) is 102 Å². The average Bonchev–Trinajstić information content (AvgIpc) is 3.45. The van der Waals surface area contributed by atoms with Crippen molar-refractivity contribution in [1.29, 1.82) is 0 Å². The minimum absolute atomic E-state index is 0.0659. The highest BCUT2D eigenvalue weighted by Crippen LogP contribution is 2.26. The Kier molecular flexibility index (Phi) is 5.56. The average molecular weight is 487 g/mol. The Bertz CT molecular complexity index is 1250. The number of amides is 1. The van der Waals surface area contributed by atoms with Gasteiger partial charge in [0.25, 0.3) is 5.91 Å². The predicted molar refractivity (Wildman–Crippen MR) is 112 cm³/mol. The largest absolute Gasteiger partial charge is 0.467 e. The molecular formula is C21H15BrN2O5S. The second-order valence-electron chi connectivity index (χ2n) is 6.23. The SMILES string of the molecule is O=C(c1ccc(S(=O)(=O)c2ccc(Br)cc2)o1)N(Cc1ccco1)c1ccccn1. The topological polar surface area (TPSA) is 93.6 Å². The van der Waals surface area contributed by atoms with Gasteiger partial charge in [-0.3, -0.25) is 9.69 Å². The summed E-state index contributed by atoms with van der Waals surface area (Å²) >= 11 is 3.27. The molecular weight excluding hydrogens is 472 g/mol. The number of hydrogen-bond donors (Lipinski definition) is 0. The van der Waals surface area contributed by atoms with Crippen LogP contribution in [0.4, 0.5) is 5.82 Å². The molecule has 3 aromatic heterocycles. The number of halogens is 1. The van der Waals surface area contributed by atoms with Gasteiger partial charge < -0.3 is 8.83 Å². The second kappa shape index (κ2) is 8.29. The lowest BCUT2D eigenvalue weighted by molar-refractivity contribution is 0.0950. The molecule has 1 aromatic carbocycles. The maximum Gasteiger partial charge on any atom is 0.295 e. The van der Waals surface area contributed by atoms with Crippen molar-refractivity contribution in [2.45, 2.75) is 16.5 Å². The third kappa shape index (κ3) is 4.07. The summed E-state index contributed by atoms with van der Waals surface area (Å²) < 4.78 is 37.2. The Morgan fingerprint density at radius 3 is 2.47 bits per heavy atom. The second-order valence-corrected chi connectivity index (χ2v) is 9.03. The first-order chi connectivity index (χ1) is 14.4. The highest BCUT2D eigenvalue weighted by atomic mass is 79.9. The van der Waals surface area contributed by atoms with Crippen LogP contribution in [-0.2, 0) is 16.4 Å². The molecule has 0 aliphatic heterocycles. The van der Waals surface area contributed by atoms with E-state index in [9.17, 15) is 13.2 Å². The first-order valence-corrected chi connectivity index (χ1v) is 11.1. The number of furan rings is 2. The number of sulfone groups is 1. The molecule has 0 fully saturated rings. The maximum absolute atomic E-state index is 13.1. The van der Waals surface area contributed by atoms with Crippen molar-refractivity contribution in [1.82, 2.24) is 4.98 Å². The van der Waals surface area contributed by atoms with Crippen LogP contribution in [-0.4, -0.2) is 19.3 Å². The van der Waals surface area contributed by atoms with Gasteiger partial charge in [-0.1, -0.05) is 22.0 Å². The molecule has 9 heteroatoms. The quantitative estimate of drug-likeness (QED) is 0.391. The molecule has 0 N–H and O–H groups in total. The van der Waals surface area contributed by atoms with Crippen LogP contribution < -0.4 is 4.90 Å². The van der Waals surface area contributed by atoms with E-state index in [0.29, 0.717) is 11.6 Å². The Balaban J connectivity index is 1.66. The van der Waals surface area contributed by atoms with Crippen LogP contribution in [0.2, 0.25) is 0 Å². The van der Waals surface area contributed by atoms with Crippen molar-refractivity contribution in [3.63, 3.8) is 0 Å². The molecule has 7 nitrogen and oxygen atoms in total. The van der Waals surface area contributed by atoms with Crippen molar-refractivity contribution in [2.24, 2.45) is 0 Å². The molecule has 0 unspecified atom stereocenters. The molecule has 4 rings (SSSR count). The van der Waals surface area contributed by atoms with Gasteiger partial charge in [0.2, 0.25) is 14.9 Å². The predicted octanol–water partition coefficient (Wildman–Crippen LogP) is 4.71.